The minimum absolute atomic E-state index is 0.0685. The summed E-state index contributed by atoms with van der Waals surface area (Å²) in [5.41, 5.74) is 12.5. The van der Waals surface area contributed by atoms with Crippen molar-refractivity contribution >= 4 is 34.4 Å². The summed E-state index contributed by atoms with van der Waals surface area (Å²) in [5.74, 6) is 0.0685. The Morgan fingerprint density at radius 1 is 1.12 bits per heavy atom. The second-order valence-electron chi connectivity index (χ2n) is 6.40. The van der Waals surface area contributed by atoms with Crippen molar-refractivity contribution in [3.05, 3.63) is 52.0 Å². The van der Waals surface area contributed by atoms with Gasteiger partial charge in [0.25, 0.3) is 0 Å². The molecule has 4 N–H and O–H groups in total. The van der Waals surface area contributed by atoms with E-state index >= 15 is 0 Å². The van der Waals surface area contributed by atoms with Gasteiger partial charge in [-0.3, -0.25) is 0 Å². The van der Waals surface area contributed by atoms with Gasteiger partial charge in [-0.25, -0.2) is 4.98 Å². The number of fused-ring (bicyclic) bond motifs is 3. The molecular formula is C20H18ClN3O. The number of phenols is 1. The molecular weight excluding hydrogens is 334 g/mol. The lowest BCUT2D eigenvalue weighted by atomic mass is 9.85. The Bertz CT molecular complexity index is 1010. The molecule has 3 aromatic rings. The molecule has 126 valence electrons. The van der Waals surface area contributed by atoms with Crippen molar-refractivity contribution in [3.8, 4) is 17.0 Å². The Kier molecular flexibility index (Phi) is 3.85. The van der Waals surface area contributed by atoms with Crippen molar-refractivity contribution in [3.63, 3.8) is 0 Å². The molecule has 4 rings (SSSR count). The Hall–Kier alpha value is -2.59. The number of aromatic hydroxyl groups is 1. The first-order valence-corrected chi connectivity index (χ1v) is 8.71. The Morgan fingerprint density at radius 3 is 2.60 bits per heavy atom. The molecule has 0 fully saturated rings. The SMILES string of the molecule is N=Cc1c(N)ccc2nc(-c3ccc(O)c(Cl)c3)c3c(c12)CCCC3. The number of nitrogens with two attached hydrogens (primary N) is 1. The van der Waals surface area contributed by atoms with E-state index in [9.17, 15) is 5.11 Å². The first kappa shape index (κ1) is 15.9. The predicted octanol–water partition coefficient (Wildman–Crippen LogP) is 4.72. The quantitative estimate of drug-likeness (QED) is 0.461. The van der Waals surface area contributed by atoms with Gasteiger partial charge in [0.2, 0.25) is 0 Å². The molecule has 1 aromatic heterocycles. The number of pyridine rings is 1. The standard InChI is InChI=1S/C20H18ClN3O/c21-15-9-11(5-8-18(15)25)20-13-4-2-1-3-12(13)19-14(10-22)16(23)6-7-17(19)24-20/h5-10,22,25H,1-4,23H2. The number of rotatable bonds is 2. The summed E-state index contributed by atoms with van der Waals surface area (Å²) in [4.78, 5) is 4.88. The van der Waals surface area contributed by atoms with E-state index in [1.54, 1.807) is 18.2 Å². The predicted molar refractivity (Wildman–Crippen MR) is 103 cm³/mol. The van der Waals surface area contributed by atoms with E-state index in [0.717, 1.165) is 53.4 Å². The number of phenolic OH excluding ortho intramolecular Hbond substituents is 1. The number of nitrogens with zero attached hydrogens (tertiary/aromatic N) is 1. The monoisotopic (exact) mass is 351 g/mol. The van der Waals surface area contributed by atoms with Crippen molar-refractivity contribution < 1.29 is 5.11 Å². The number of benzene rings is 2. The molecule has 0 saturated carbocycles. The maximum Gasteiger partial charge on any atom is 0.134 e. The van der Waals surface area contributed by atoms with Gasteiger partial charge in [0.15, 0.2) is 0 Å². The van der Waals surface area contributed by atoms with Gasteiger partial charge in [-0.05, 0) is 67.1 Å². The summed E-state index contributed by atoms with van der Waals surface area (Å²) < 4.78 is 0. The molecule has 0 spiro atoms. The third-order valence-electron chi connectivity index (χ3n) is 4.91. The van der Waals surface area contributed by atoms with Crippen LogP contribution in [0.1, 0.15) is 29.5 Å². The fourth-order valence-electron chi connectivity index (χ4n) is 3.71. The molecule has 0 amide bonds. The number of nitrogen functional groups attached to an aromatic ring is 1. The Morgan fingerprint density at radius 2 is 1.88 bits per heavy atom. The smallest absolute Gasteiger partial charge is 0.134 e. The largest absolute Gasteiger partial charge is 0.506 e. The van der Waals surface area contributed by atoms with E-state index < -0.39 is 0 Å². The van der Waals surface area contributed by atoms with Gasteiger partial charge in [0, 0.05) is 28.4 Å². The minimum atomic E-state index is 0.0685. The molecule has 0 saturated heterocycles. The third kappa shape index (κ3) is 2.53. The van der Waals surface area contributed by atoms with E-state index in [-0.39, 0.29) is 5.75 Å². The summed E-state index contributed by atoms with van der Waals surface area (Å²) in [7, 11) is 0. The van der Waals surface area contributed by atoms with Crippen LogP contribution in [0.25, 0.3) is 22.2 Å². The van der Waals surface area contributed by atoms with E-state index in [1.807, 2.05) is 12.1 Å². The topological polar surface area (TPSA) is 83.0 Å². The number of aryl methyl sites for hydroxylation is 1. The maximum atomic E-state index is 9.71. The first-order valence-electron chi connectivity index (χ1n) is 8.33. The Balaban J connectivity index is 2.08. The van der Waals surface area contributed by atoms with Crippen LogP contribution in [0.2, 0.25) is 5.02 Å². The summed E-state index contributed by atoms with van der Waals surface area (Å²) in [6, 6.07) is 8.93. The molecule has 25 heavy (non-hydrogen) atoms. The lowest BCUT2D eigenvalue weighted by Crippen LogP contribution is -2.09. The van der Waals surface area contributed by atoms with Gasteiger partial charge < -0.3 is 16.2 Å². The number of halogens is 1. The van der Waals surface area contributed by atoms with Crippen molar-refractivity contribution in [2.75, 3.05) is 5.73 Å². The zero-order chi connectivity index (χ0) is 17.6. The van der Waals surface area contributed by atoms with Gasteiger partial charge in [0.1, 0.15) is 5.75 Å². The molecule has 0 unspecified atom stereocenters. The lowest BCUT2D eigenvalue weighted by Gasteiger charge is -2.23. The van der Waals surface area contributed by atoms with Crippen molar-refractivity contribution in [2.45, 2.75) is 25.7 Å². The lowest BCUT2D eigenvalue weighted by molar-refractivity contribution is 0.475. The van der Waals surface area contributed by atoms with Gasteiger partial charge >= 0.3 is 0 Å². The summed E-state index contributed by atoms with van der Waals surface area (Å²) in [6.07, 6.45) is 5.45. The van der Waals surface area contributed by atoms with Crippen LogP contribution in [0.15, 0.2) is 30.3 Å². The van der Waals surface area contributed by atoms with E-state index in [0.29, 0.717) is 10.7 Å². The van der Waals surface area contributed by atoms with Gasteiger partial charge in [-0.1, -0.05) is 11.6 Å². The molecule has 1 aliphatic rings. The molecule has 2 aromatic carbocycles. The van der Waals surface area contributed by atoms with E-state index in [2.05, 4.69) is 0 Å². The van der Waals surface area contributed by atoms with Crippen molar-refractivity contribution in [1.82, 2.24) is 4.98 Å². The first-order chi connectivity index (χ1) is 12.1. The molecule has 0 aliphatic heterocycles. The summed E-state index contributed by atoms with van der Waals surface area (Å²) in [6.45, 7) is 0. The maximum absolute atomic E-state index is 9.71. The summed E-state index contributed by atoms with van der Waals surface area (Å²) in [5, 5.41) is 18.8. The van der Waals surface area contributed by atoms with Crippen LogP contribution >= 0.6 is 11.6 Å². The van der Waals surface area contributed by atoms with Crippen molar-refractivity contribution in [2.24, 2.45) is 0 Å². The zero-order valence-corrected chi connectivity index (χ0v) is 14.4. The van der Waals surface area contributed by atoms with Gasteiger partial charge in [-0.2, -0.15) is 0 Å². The molecule has 5 heteroatoms. The van der Waals surface area contributed by atoms with Crippen LogP contribution in [-0.4, -0.2) is 16.3 Å². The number of nitrogens with one attached hydrogen (secondary N) is 1. The van der Waals surface area contributed by atoms with Gasteiger partial charge in [0.05, 0.1) is 16.2 Å². The number of hydrogen-bond donors (Lipinski definition) is 3. The highest BCUT2D eigenvalue weighted by molar-refractivity contribution is 6.32. The second kappa shape index (κ2) is 6.05. The molecule has 0 radical (unpaired) electrons. The molecule has 0 atom stereocenters. The van der Waals surface area contributed by atoms with Crippen LogP contribution < -0.4 is 5.73 Å². The average Bonchev–Trinajstić information content (AvgIpc) is 2.63. The molecule has 1 aliphatic carbocycles. The highest BCUT2D eigenvalue weighted by Crippen LogP contribution is 2.38. The second-order valence-corrected chi connectivity index (χ2v) is 6.80. The highest BCUT2D eigenvalue weighted by Gasteiger charge is 2.21. The zero-order valence-electron chi connectivity index (χ0n) is 13.6. The average molecular weight is 352 g/mol. The Labute approximate surface area is 150 Å². The fourth-order valence-corrected chi connectivity index (χ4v) is 3.89. The fraction of sp³-hybridized carbons (Fsp3) is 0.200. The highest BCUT2D eigenvalue weighted by atomic mass is 35.5. The van der Waals surface area contributed by atoms with Crippen LogP contribution in [0.5, 0.6) is 5.75 Å². The van der Waals surface area contributed by atoms with E-state index in [1.165, 1.54) is 17.3 Å². The number of anilines is 1. The normalized spacial score (nSPS) is 13.6. The minimum Gasteiger partial charge on any atom is -0.506 e. The summed E-state index contributed by atoms with van der Waals surface area (Å²) >= 11 is 6.11. The molecule has 0 bridgehead atoms. The van der Waals surface area contributed by atoms with Crippen LogP contribution in [0.4, 0.5) is 5.69 Å². The molecule has 4 nitrogen and oxygen atoms in total. The van der Waals surface area contributed by atoms with Crippen LogP contribution in [-0.2, 0) is 12.8 Å². The molecule has 1 heterocycles. The van der Waals surface area contributed by atoms with Gasteiger partial charge in [-0.15, -0.1) is 0 Å². The van der Waals surface area contributed by atoms with Crippen LogP contribution in [0.3, 0.4) is 0 Å². The number of aromatic nitrogens is 1. The third-order valence-corrected chi connectivity index (χ3v) is 5.21. The number of hydrogen-bond acceptors (Lipinski definition) is 4. The van der Waals surface area contributed by atoms with Crippen molar-refractivity contribution in [1.29, 1.82) is 5.41 Å². The van der Waals surface area contributed by atoms with Crippen LogP contribution in [0, 0.1) is 5.41 Å². The van der Waals surface area contributed by atoms with E-state index in [4.69, 9.17) is 27.7 Å².